The van der Waals surface area contributed by atoms with Crippen molar-refractivity contribution in [1.82, 2.24) is 10.6 Å². The molecular weight excluding hydrogens is 204 g/mol. The maximum Gasteiger partial charge on any atom is 0.227 e. The molecule has 4 nitrogen and oxygen atoms in total. The van der Waals surface area contributed by atoms with Gasteiger partial charge in [-0.3, -0.25) is 4.79 Å². The normalized spacial score (nSPS) is 28.8. The summed E-state index contributed by atoms with van der Waals surface area (Å²) in [5.74, 6) is 0.236. The van der Waals surface area contributed by atoms with Crippen LogP contribution in [0.5, 0.6) is 0 Å². The first-order valence-corrected chi connectivity index (χ1v) is 6.18. The van der Waals surface area contributed by atoms with Gasteiger partial charge in [-0.25, -0.2) is 0 Å². The first-order valence-electron chi connectivity index (χ1n) is 6.18. The predicted octanol–water partition coefficient (Wildman–Crippen LogP) is 0.509. The Morgan fingerprint density at radius 1 is 1.56 bits per heavy atom. The molecule has 1 amide bonds. The highest BCUT2D eigenvalue weighted by Crippen LogP contribution is 2.29. The lowest BCUT2D eigenvalue weighted by atomic mass is 9.83. The van der Waals surface area contributed by atoms with Crippen molar-refractivity contribution >= 4 is 5.91 Å². The third-order valence-electron chi connectivity index (χ3n) is 3.90. The van der Waals surface area contributed by atoms with E-state index < -0.39 is 0 Å². The SMILES string of the molecule is CCC1(C(=O)NC(C)C(C)CO)CCNC1. The Balaban J connectivity index is 2.56. The lowest BCUT2D eigenvalue weighted by molar-refractivity contribution is -0.131. The van der Waals surface area contributed by atoms with Crippen LogP contribution < -0.4 is 10.6 Å². The summed E-state index contributed by atoms with van der Waals surface area (Å²) in [5, 5.41) is 15.3. The summed E-state index contributed by atoms with van der Waals surface area (Å²) in [6.45, 7) is 7.76. The highest BCUT2D eigenvalue weighted by Gasteiger charge is 2.39. The van der Waals surface area contributed by atoms with Crippen LogP contribution in [0, 0.1) is 11.3 Å². The summed E-state index contributed by atoms with van der Waals surface area (Å²) < 4.78 is 0. The zero-order valence-electron chi connectivity index (χ0n) is 10.5. The summed E-state index contributed by atoms with van der Waals surface area (Å²) in [6, 6.07) is 0.0292. The van der Waals surface area contributed by atoms with E-state index in [1.54, 1.807) is 0 Å². The molecular formula is C12H24N2O2. The first kappa shape index (κ1) is 13.5. The number of rotatable bonds is 5. The van der Waals surface area contributed by atoms with E-state index >= 15 is 0 Å². The van der Waals surface area contributed by atoms with Gasteiger partial charge in [-0.15, -0.1) is 0 Å². The molecule has 0 aliphatic carbocycles. The Morgan fingerprint density at radius 2 is 2.25 bits per heavy atom. The minimum atomic E-state index is -0.233. The van der Waals surface area contributed by atoms with Gasteiger partial charge in [0.2, 0.25) is 5.91 Å². The van der Waals surface area contributed by atoms with Gasteiger partial charge >= 0.3 is 0 Å². The molecule has 3 N–H and O–H groups in total. The summed E-state index contributed by atoms with van der Waals surface area (Å²) in [5.41, 5.74) is -0.233. The summed E-state index contributed by atoms with van der Waals surface area (Å²) >= 11 is 0. The van der Waals surface area contributed by atoms with Crippen LogP contribution >= 0.6 is 0 Å². The predicted molar refractivity (Wildman–Crippen MR) is 64.1 cm³/mol. The van der Waals surface area contributed by atoms with Crippen LogP contribution in [0.15, 0.2) is 0 Å². The van der Waals surface area contributed by atoms with Crippen LogP contribution in [0.4, 0.5) is 0 Å². The molecule has 1 rings (SSSR count). The van der Waals surface area contributed by atoms with E-state index in [1.807, 2.05) is 13.8 Å². The van der Waals surface area contributed by atoms with Gasteiger partial charge in [-0.1, -0.05) is 13.8 Å². The molecule has 0 aromatic rings. The van der Waals surface area contributed by atoms with Gasteiger partial charge in [-0.05, 0) is 32.2 Å². The van der Waals surface area contributed by atoms with Gasteiger partial charge in [0.05, 0.1) is 5.41 Å². The Kier molecular flexibility index (Phi) is 4.74. The lowest BCUT2D eigenvalue weighted by Gasteiger charge is -2.29. The molecule has 1 heterocycles. The van der Waals surface area contributed by atoms with Gasteiger partial charge in [0.1, 0.15) is 0 Å². The first-order chi connectivity index (χ1) is 7.55. The van der Waals surface area contributed by atoms with Crippen molar-refractivity contribution in [2.45, 2.75) is 39.7 Å². The lowest BCUT2D eigenvalue weighted by Crippen LogP contribution is -2.48. The summed E-state index contributed by atoms with van der Waals surface area (Å²) in [7, 11) is 0. The molecule has 3 unspecified atom stereocenters. The van der Waals surface area contributed by atoms with Crippen molar-refractivity contribution in [2.75, 3.05) is 19.7 Å². The van der Waals surface area contributed by atoms with Crippen LogP contribution in [0.3, 0.4) is 0 Å². The van der Waals surface area contributed by atoms with E-state index in [0.717, 1.165) is 25.9 Å². The number of hydrogen-bond donors (Lipinski definition) is 3. The standard InChI is InChI=1S/C12H24N2O2/c1-4-12(5-6-13-8-12)11(16)14-10(3)9(2)7-15/h9-10,13,15H,4-8H2,1-3H3,(H,14,16). The highest BCUT2D eigenvalue weighted by molar-refractivity contribution is 5.83. The van der Waals surface area contributed by atoms with E-state index in [1.165, 1.54) is 0 Å². The third kappa shape index (κ3) is 2.74. The van der Waals surface area contributed by atoms with Crippen LogP contribution in [-0.2, 0) is 4.79 Å². The van der Waals surface area contributed by atoms with Crippen LogP contribution in [0.25, 0.3) is 0 Å². The van der Waals surface area contributed by atoms with Gasteiger partial charge in [0, 0.05) is 19.2 Å². The number of aliphatic hydroxyl groups excluding tert-OH is 1. The van der Waals surface area contributed by atoms with Crippen LogP contribution in [0.1, 0.15) is 33.6 Å². The van der Waals surface area contributed by atoms with E-state index in [2.05, 4.69) is 17.6 Å². The second-order valence-electron chi connectivity index (χ2n) is 4.98. The van der Waals surface area contributed by atoms with Crippen molar-refractivity contribution in [3.8, 4) is 0 Å². The van der Waals surface area contributed by atoms with Gasteiger partial charge in [0.25, 0.3) is 0 Å². The van der Waals surface area contributed by atoms with Gasteiger partial charge in [0.15, 0.2) is 0 Å². The fraction of sp³-hybridized carbons (Fsp3) is 0.917. The fourth-order valence-electron chi connectivity index (χ4n) is 2.06. The molecule has 0 radical (unpaired) electrons. The maximum absolute atomic E-state index is 12.2. The Labute approximate surface area is 97.8 Å². The van der Waals surface area contributed by atoms with Crippen LogP contribution in [-0.4, -0.2) is 36.8 Å². The molecule has 1 aliphatic heterocycles. The van der Waals surface area contributed by atoms with E-state index in [9.17, 15) is 4.79 Å². The number of carbonyl (C=O) groups excluding carboxylic acids is 1. The molecule has 1 fully saturated rings. The fourth-order valence-corrected chi connectivity index (χ4v) is 2.06. The largest absolute Gasteiger partial charge is 0.396 e. The molecule has 1 aliphatic rings. The van der Waals surface area contributed by atoms with Crippen LogP contribution in [0.2, 0.25) is 0 Å². The molecule has 0 saturated carbocycles. The van der Waals surface area contributed by atoms with Crippen molar-refractivity contribution in [2.24, 2.45) is 11.3 Å². The number of carbonyl (C=O) groups is 1. The zero-order chi connectivity index (χ0) is 12.2. The van der Waals surface area contributed by atoms with Crippen molar-refractivity contribution in [3.63, 3.8) is 0 Å². The number of aliphatic hydroxyl groups is 1. The summed E-state index contributed by atoms with van der Waals surface area (Å²) in [4.78, 5) is 12.2. The molecule has 94 valence electrons. The van der Waals surface area contributed by atoms with Crippen molar-refractivity contribution in [1.29, 1.82) is 0 Å². The van der Waals surface area contributed by atoms with Crippen molar-refractivity contribution in [3.05, 3.63) is 0 Å². The molecule has 3 atom stereocenters. The maximum atomic E-state index is 12.2. The van der Waals surface area contributed by atoms with Crippen molar-refractivity contribution < 1.29 is 9.90 Å². The Bertz CT molecular complexity index is 237. The zero-order valence-corrected chi connectivity index (χ0v) is 10.5. The molecule has 0 spiro atoms. The second-order valence-corrected chi connectivity index (χ2v) is 4.98. The number of nitrogens with one attached hydrogen (secondary N) is 2. The molecule has 4 heteroatoms. The van der Waals surface area contributed by atoms with E-state index in [-0.39, 0.29) is 29.9 Å². The van der Waals surface area contributed by atoms with E-state index in [0.29, 0.717) is 0 Å². The molecule has 16 heavy (non-hydrogen) atoms. The smallest absolute Gasteiger partial charge is 0.227 e. The quantitative estimate of drug-likeness (QED) is 0.642. The Hall–Kier alpha value is -0.610. The molecule has 1 saturated heterocycles. The number of hydrogen-bond acceptors (Lipinski definition) is 3. The van der Waals surface area contributed by atoms with E-state index in [4.69, 9.17) is 5.11 Å². The molecule has 0 bridgehead atoms. The van der Waals surface area contributed by atoms with Gasteiger partial charge in [-0.2, -0.15) is 0 Å². The molecule has 0 aromatic heterocycles. The third-order valence-corrected chi connectivity index (χ3v) is 3.90. The summed E-state index contributed by atoms with van der Waals surface area (Å²) in [6.07, 6.45) is 1.78. The van der Waals surface area contributed by atoms with Gasteiger partial charge < -0.3 is 15.7 Å². The highest BCUT2D eigenvalue weighted by atomic mass is 16.3. The monoisotopic (exact) mass is 228 g/mol. The average Bonchev–Trinajstić information content (AvgIpc) is 2.77. The minimum absolute atomic E-state index is 0.0292. The molecule has 0 aromatic carbocycles. The number of amides is 1. The second kappa shape index (κ2) is 5.64. The topological polar surface area (TPSA) is 61.4 Å². The minimum Gasteiger partial charge on any atom is -0.396 e. The Morgan fingerprint density at radius 3 is 2.69 bits per heavy atom. The average molecular weight is 228 g/mol.